The van der Waals surface area contributed by atoms with Crippen LogP contribution in [0.1, 0.15) is 49.9 Å². The molecule has 0 amide bonds. The van der Waals surface area contributed by atoms with Crippen molar-refractivity contribution in [2.45, 2.75) is 38.5 Å². The molecule has 12 aromatic rings. The van der Waals surface area contributed by atoms with Gasteiger partial charge in [-0.15, -0.1) is 0 Å². The van der Waals surface area contributed by atoms with Gasteiger partial charge in [-0.3, -0.25) is 0 Å². The normalized spacial score (nSPS) is 13.8. The maximum absolute atomic E-state index is 2.50. The van der Waals surface area contributed by atoms with E-state index >= 15 is 0 Å². The highest BCUT2D eigenvalue weighted by Gasteiger charge is 2.37. The number of anilines is 6. The van der Waals surface area contributed by atoms with Gasteiger partial charge in [0, 0.05) is 44.4 Å². The molecule has 2 nitrogen and oxygen atoms in total. The molecule has 0 bridgehead atoms. The van der Waals surface area contributed by atoms with Gasteiger partial charge in [-0.1, -0.05) is 210 Å². The van der Waals surface area contributed by atoms with Crippen LogP contribution >= 0.6 is 0 Å². The Hall–Kier alpha value is -8.72. The average Bonchev–Trinajstić information content (AvgIpc) is 3.80. The largest absolute Gasteiger partial charge is 0.310 e. The van der Waals surface area contributed by atoms with Crippen molar-refractivity contribution in [2.24, 2.45) is 0 Å². The van der Waals surface area contributed by atoms with Crippen LogP contribution in [0.2, 0.25) is 0 Å². The molecule has 0 unspecified atom stereocenters. The van der Waals surface area contributed by atoms with Crippen LogP contribution in [-0.2, 0) is 10.8 Å². The van der Waals surface area contributed by atoms with Crippen molar-refractivity contribution in [1.29, 1.82) is 0 Å². The number of benzene rings is 12. The van der Waals surface area contributed by atoms with Gasteiger partial charge in [-0.25, -0.2) is 0 Å². The van der Waals surface area contributed by atoms with Gasteiger partial charge in [0.05, 0.1) is 11.4 Å². The molecule has 0 heterocycles. The first-order valence-electron chi connectivity index (χ1n) is 25.3. The second kappa shape index (κ2) is 15.9. The standard InChI is InChI=1S/C70H52N2/c1-69(2)61-27-13-11-25-55(61)59-43-53(33-37-63(59)69)71(51-23-15-21-49(41-51)45-17-7-5-8-18-45)65-39-31-47-30-36-58-66(40-32-48-29-35-57(65)67(47)68(48)58)72(52-24-16-22-50(42-52)46-19-9-6-10-20-46)54-34-38-64-60(44-54)56-26-12-14-28-62(56)70(64,3)4/h5-44H,1-4H3. The first kappa shape index (κ1) is 42.2. The van der Waals surface area contributed by atoms with Gasteiger partial charge in [-0.2, -0.15) is 0 Å². The van der Waals surface area contributed by atoms with Crippen molar-refractivity contribution in [3.63, 3.8) is 0 Å². The highest BCUT2D eigenvalue weighted by molar-refractivity contribution is 6.28. The molecule has 0 aliphatic heterocycles. The molecule has 2 aliphatic carbocycles. The predicted octanol–water partition coefficient (Wildman–Crippen LogP) is 19.5. The van der Waals surface area contributed by atoms with Gasteiger partial charge in [0.2, 0.25) is 0 Å². The summed E-state index contributed by atoms with van der Waals surface area (Å²) < 4.78 is 0. The van der Waals surface area contributed by atoms with Crippen molar-refractivity contribution in [3.8, 4) is 44.5 Å². The Morgan fingerprint density at radius 2 is 0.625 bits per heavy atom. The Labute approximate surface area is 422 Å². The van der Waals surface area contributed by atoms with E-state index in [9.17, 15) is 0 Å². The molecular weight excluding hydrogens is 869 g/mol. The van der Waals surface area contributed by atoms with E-state index in [1.807, 2.05) is 0 Å². The van der Waals surface area contributed by atoms with Crippen molar-refractivity contribution in [3.05, 3.63) is 265 Å². The number of nitrogens with zero attached hydrogens (tertiary/aromatic N) is 2. The first-order valence-corrected chi connectivity index (χ1v) is 25.3. The van der Waals surface area contributed by atoms with E-state index in [0.29, 0.717) is 0 Å². The summed E-state index contributed by atoms with van der Waals surface area (Å²) in [7, 11) is 0. The van der Waals surface area contributed by atoms with Gasteiger partial charge < -0.3 is 9.80 Å². The molecule has 2 heteroatoms. The van der Waals surface area contributed by atoms with E-state index in [2.05, 4.69) is 280 Å². The van der Waals surface area contributed by atoms with Gasteiger partial charge in [0.15, 0.2) is 0 Å². The van der Waals surface area contributed by atoms with Crippen LogP contribution in [0.5, 0.6) is 0 Å². The monoisotopic (exact) mass is 920 g/mol. The molecular formula is C70H52N2. The fourth-order valence-electron chi connectivity index (χ4n) is 12.6. The first-order chi connectivity index (χ1) is 35.2. The van der Waals surface area contributed by atoms with Crippen molar-refractivity contribution >= 4 is 66.4 Å². The van der Waals surface area contributed by atoms with Crippen LogP contribution in [0, 0.1) is 0 Å². The third-order valence-electron chi connectivity index (χ3n) is 16.2. The maximum atomic E-state index is 2.50. The summed E-state index contributed by atoms with van der Waals surface area (Å²) in [4.78, 5) is 5.00. The van der Waals surface area contributed by atoms with Crippen LogP contribution in [0.4, 0.5) is 34.1 Å². The molecule has 0 fully saturated rings. The van der Waals surface area contributed by atoms with Gasteiger partial charge >= 0.3 is 0 Å². The summed E-state index contributed by atoms with van der Waals surface area (Å²) >= 11 is 0. The molecule has 72 heavy (non-hydrogen) atoms. The van der Waals surface area contributed by atoms with E-state index in [4.69, 9.17) is 0 Å². The molecule has 0 spiro atoms. The number of hydrogen-bond donors (Lipinski definition) is 0. The highest BCUT2D eigenvalue weighted by Crippen LogP contribution is 2.54. The zero-order chi connectivity index (χ0) is 48.3. The second-order valence-corrected chi connectivity index (χ2v) is 20.9. The lowest BCUT2D eigenvalue weighted by molar-refractivity contribution is 0.660. The Morgan fingerprint density at radius 1 is 0.264 bits per heavy atom. The molecule has 14 rings (SSSR count). The molecule has 0 saturated heterocycles. The van der Waals surface area contributed by atoms with Crippen LogP contribution < -0.4 is 9.80 Å². The van der Waals surface area contributed by atoms with Crippen molar-refractivity contribution in [1.82, 2.24) is 0 Å². The second-order valence-electron chi connectivity index (χ2n) is 20.9. The lowest BCUT2D eigenvalue weighted by atomic mass is 9.82. The molecule has 0 N–H and O–H groups in total. The summed E-state index contributed by atoms with van der Waals surface area (Å²) in [6.45, 7) is 9.44. The van der Waals surface area contributed by atoms with Gasteiger partial charge in [0.1, 0.15) is 0 Å². The highest BCUT2D eigenvalue weighted by atomic mass is 15.2. The lowest BCUT2D eigenvalue weighted by Crippen LogP contribution is -2.15. The molecule has 0 saturated carbocycles. The van der Waals surface area contributed by atoms with Crippen molar-refractivity contribution in [2.75, 3.05) is 9.80 Å². The summed E-state index contributed by atoms with van der Waals surface area (Å²) in [6, 6.07) is 90.6. The van der Waals surface area contributed by atoms with Crippen molar-refractivity contribution < 1.29 is 0 Å². The van der Waals surface area contributed by atoms with E-state index in [0.717, 1.165) is 34.1 Å². The minimum atomic E-state index is -0.0924. The summed E-state index contributed by atoms with van der Waals surface area (Å²) in [5.74, 6) is 0. The summed E-state index contributed by atoms with van der Waals surface area (Å²) in [6.07, 6.45) is 0. The third-order valence-corrected chi connectivity index (χ3v) is 16.2. The molecule has 0 radical (unpaired) electrons. The number of fused-ring (bicyclic) bond motifs is 6. The number of rotatable bonds is 8. The minimum Gasteiger partial charge on any atom is -0.310 e. The maximum Gasteiger partial charge on any atom is 0.0540 e. The molecule has 0 aromatic heterocycles. The quantitative estimate of drug-likeness (QED) is 0.140. The minimum absolute atomic E-state index is 0.0924. The molecule has 342 valence electrons. The predicted molar refractivity (Wildman–Crippen MR) is 306 cm³/mol. The Bertz CT molecular complexity index is 3840. The zero-order valence-electron chi connectivity index (χ0n) is 41.0. The lowest BCUT2D eigenvalue weighted by Gasteiger charge is -2.30. The number of hydrogen-bond acceptors (Lipinski definition) is 2. The molecule has 2 aliphatic rings. The Balaban J connectivity index is 0.999. The summed E-state index contributed by atoms with van der Waals surface area (Å²) in [5, 5.41) is 7.40. The Morgan fingerprint density at radius 3 is 1.07 bits per heavy atom. The van der Waals surface area contributed by atoms with Crippen LogP contribution in [0.3, 0.4) is 0 Å². The van der Waals surface area contributed by atoms with E-state index in [1.54, 1.807) is 0 Å². The van der Waals surface area contributed by atoms with Gasteiger partial charge in [0.25, 0.3) is 0 Å². The van der Waals surface area contributed by atoms with E-state index in [-0.39, 0.29) is 10.8 Å². The van der Waals surface area contributed by atoms with E-state index in [1.165, 1.54) is 99.1 Å². The Kier molecular flexibility index (Phi) is 9.32. The van der Waals surface area contributed by atoms with Crippen LogP contribution in [0.15, 0.2) is 243 Å². The van der Waals surface area contributed by atoms with E-state index < -0.39 is 0 Å². The fraction of sp³-hybridized carbons (Fsp3) is 0.0857. The SMILES string of the molecule is CC1(C)c2ccccc2-c2cc(N(c3cccc(-c4ccccc4)c3)c3ccc4ccc5c(N(c6cccc(-c7ccccc7)c6)c6ccc7c(c6)-c6ccccc6C7(C)C)ccc6ccc3c4c65)ccc21. The average molecular weight is 921 g/mol. The van der Waals surface area contributed by atoms with Crippen LogP contribution in [0.25, 0.3) is 76.8 Å². The molecule has 0 atom stereocenters. The zero-order valence-corrected chi connectivity index (χ0v) is 41.0. The fourth-order valence-corrected chi connectivity index (χ4v) is 12.6. The van der Waals surface area contributed by atoms with Gasteiger partial charge in [-0.05, 0) is 149 Å². The molecule has 12 aromatic carbocycles. The smallest absolute Gasteiger partial charge is 0.0540 e. The topological polar surface area (TPSA) is 6.48 Å². The summed E-state index contributed by atoms with van der Waals surface area (Å²) in [5.41, 5.74) is 22.1. The van der Waals surface area contributed by atoms with Crippen LogP contribution in [-0.4, -0.2) is 0 Å². The third kappa shape index (κ3) is 6.35.